The van der Waals surface area contributed by atoms with Gasteiger partial charge in [-0.05, 0) is 12.8 Å². The third-order valence-corrected chi connectivity index (χ3v) is 2.21. The van der Waals surface area contributed by atoms with Crippen LogP contribution in [0.1, 0.15) is 31.2 Å². The topological polar surface area (TPSA) is 60.9 Å². The lowest BCUT2D eigenvalue weighted by Gasteiger charge is -1.99. The van der Waals surface area contributed by atoms with Gasteiger partial charge in [0.05, 0.1) is 5.56 Å². The molecule has 1 aromatic rings. The second-order valence-electron chi connectivity index (χ2n) is 3.65. The van der Waals surface area contributed by atoms with Crippen LogP contribution in [0.25, 0.3) is 0 Å². The smallest absolute Gasteiger partial charge is 0.349 e. The zero-order valence-electron chi connectivity index (χ0n) is 9.86. The van der Waals surface area contributed by atoms with Gasteiger partial charge in [-0.3, -0.25) is 0 Å². The summed E-state index contributed by atoms with van der Waals surface area (Å²) in [6, 6.07) is 0. The number of nitrogens with zero attached hydrogens (tertiary/aromatic N) is 2. The second kappa shape index (κ2) is 6.40. The summed E-state index contributed by atoms with van der Waals surface area (Å²) in [4.78, 5) is 14.8. The fraction of sp³-hybridized carbons (Fsp3) is 0.385. The standard InChI is InChI=1S/C13H15N3O/c1-3-4-5-6-7-8-9-11-10-16(2)13(17)15-12(11)14/h1,10H,4-7H2,2H3,(H2,14,15,17). The summed E-state index contributed by atoms with van der Waals surface area (Å²) in [6.45, 7) is 0. The normalized spacial score (nSPS) is 9.18. The minimum absolute atomic E-state index is 0.184. The lowest BCUT2D eigenvalue weighted by molar-refractivity contribution is 0.782. The van der Waals surface area contributed by atoms with Crippen LogP contribution < -0.4 is 11.4 Å². The van der Waals surface area contributed by atoms with E-state index in [4.69, 9.17) is 12.2 Å². The van der Waals surface area contributed by atoms with E-state index in [2.05, 4.69) is 22.7 Å². The van der Waals surface area contributed by atoms with Gasteiger partial charge in [0, 0.05) is 26.1 Å². The molecule has 4 heteroatoms. The van der Waals surface area contributed by atoms with E-state index in [1.165, 1.54) is 4.57 Å². The lowest BCUT2D eigenvalue weighted by Crippen LogP contribution is -2.21. The van der Waals surface area contributed by atoms with Gasteiger partial charge in [-0.15, -0.1) is 12.3 Å². The Balaban J connectivity index is 2.63. The Bertz CT molecular complexity index is 540. The molecule has 0 spiro atoms. The third kappa shape index (κ3) is 4.04. The number of aromatic nitrogens is 2. The van der Waals surface area contributed by atoms with Crippen LogP contribution in [-0.2, 0) is 7.05 Å². The molecule has 0 aliphatic rings. The van der Waals surface area contributed by atoms with E-state index in [-0.39, 0.29) is 11.5 Å². The number of nitrogens with two attached hydrogens (primary N) is 1. The SMILES string of the molecule is C#CCCCCC#Cc1cn(C)c(=O)nc1N. The fourth-order valence-corrected chi connectivity index (χ4v) is 1.25. The van der Waals surface area contributed by atoms with Crippen molar-refractivity contribution in [2.24, 2.45) is 7.05 Å². The number of hydrogen-bond donors (Lipinski definition) is 1. The van der Waals surface area contributed by atoms with Crippen molar-refractivity contribution in [3.8, 4) is 24.2 Å². The average Bonchev–Trinajstić information content (AvgIpc) is 2.30. The quantitative estimate of drug-likeness (QED) is 0.619. The van der Waals surface area contributed by atoms with Crippen LogP contribution in [0.4, 0.5) is 5.82 Å². The van der Waals surface area contributed by atoms with E-state index in [1.807, 2.05) is 0 Å². The summed E-state index contributed by atoms with van der Waals surface area (Å²) in [6.07, 6.45) is 10.2. The summed E-state index contributed by atoms with van der Waals surface area (Å²) < 4.78 is 1.36. The molecule has 1 aromatic heterocycles. The summed E-state index contributed by atoms with van der Waals surface area (Å²) in [5.74, 6) is 8.67. The van der Waals surface area contributed by atoms with E-state index < -0.39 is 0 Å². The molecule has 0 atom stereocenters. The molecule has 0 bridgehead atoms. The van der Waals surface area contributed by atoms with Gasteiger partial charge in [-0.25, -0.2) is 4.79 Å². The van der Waals surface area contributed by atoms with Crippen molar-refractivity contribution in [2.75, 3.05) is 5.73 Å². The van der Waals surface area contributed by atoms with E-state index >= 15 is 0 Å². The van der Waals surface area contributed by atoms with Crippen LogP contribution in [0.2, 0.25) is 0 Å². The molecule has 0 saturated heterocycles. The zero-order valence-corrected chi connectivity index (χ0v) is 9.86. The molecule has 0 fully saturated rings. The fourth-order valence-electron chi connectivity index (χ4n) is 1.25. The van der Waals surface area contributed by atoms with Gasteiger partial charge >= 0.3 is 5.69 Å². The van der Waals surface area contributed by atoms with Crippen LogP contribution in [0.5, 0.6) is 0 Å². The molecule has 0 aliphatic carbocycles. The Morgan fingerprint density at radius 3 is 2.88 bits per heavy atom. The molecule has 2 N–H and O–H groups in total. The van der Waals surface area contributed by atoms with E-state index in [1.54, 1.807) is 13.2 Å². The predicted molar refractivity (Wildman–Crippen MR) is 68.1 cm³/mol. The monoisotopic (exact) mass is 229 g/mol. The maximum atomic E-state index is 11.1. The number of nitrogen functional groups attached to an aromatic ring is 1. The van der Waals surface area contributed by atoms with Crippen LogP contribution in [0, 0.1) is 24.2 Å². The average molecular weight is 229 g/mol. The zero-order chi connectivity index (χ0) is 12.7. The Morgan fingerprint density at radius 2 is 2.18 bits per heavy atom. The molecule has 0 saturated carbocycles. The first kappa shape index (κ1) is 12.9. The first-order valence-corrected chi connectivity index (χ1v) is 5.40. The number of hydrogen-bond acceptors (Lipinski definition) is 3. The first-order chi connectivity index (χ1) is 8.15. The minimum Gasteiger partial charge on any atom is -0.382 e. The summed E-state index contributed by atoms with van der Waals surface area (Å²) in [5.41, 5.74) is 5.81. The Hall–Kier alpha value is -2.20. The van der Waals surface area contributed by atoms with Crippen molar-refractivity contribution in [2.45, 2.75) is 25.7 Å². The van der Waals surface area contributed by atoms with Crippen molar-refractivity contribution < 1.29 is 0 Å². The molecule has 17 heavy (non-hydrogen) atoms. The van der Waals surface area contributed by atoms with Gasteiger partial charge in [0.1, 0.15) is 5.82 Å². The first-order valence-electron chi connectivity index (χ1n) is 5.40. The molecule has 4 nitrogen and oxygen atoms in total. The molecule has 0 aliphatic heterocycles. The number of rotatable bonds is 3. The summed E-state index contributed by atoms with van der Waals surface area (Å²) >= 11 is 0. The summed E-state index contributed by atoms with van der Waals surface area (Å²) in [7, 11) is 1.62. The highest BCUT2D eigenvalue weighted by Gasteiger charge is 1.99. The van der Waals surface area contributed by atoms with Gasteiger partial charge in [-0.1, -0.05) is 11.8 Å². The highest BCUT2D eigenvalue weighted by molar-refractivity contribution is 5.48. The highest BCUT2D eigenvalue weighted by Crippen LogP contribution is 2.03. The molecule has 1 rings (SSSR count). The van der Waals surface area contributed by atoms with Gasteiger partial charge in [0.2, 0.25) is 0 Å². The molecule has 0 unspecified atom stereocenters. The minimum atomic E-state index is -0.373. The molecule has 0 aromatic carbocycles. The van der Waals surface area contributed by atoms with E-state index in [0.29, 0.717) is 5.56 Å². The van der Waals surface area contributed by atoms with Crippen molar-refractivity contribution in [3.63, 3.8) is 0 Å². The highest BCUT2D eigenvalue weighted by atomic mass is 16.1. The van der Waals surface area contributed by atoms with Crippen LogP contribution in [-0.4, -0.2) is 9.55 Å². The Morgan fingerprint density at radius 1 is 1.47 bits per heavy atom. The van der Waals surface area contributed by atoms with Crippen LogP contribution in [0.15, 0.2) is 11.0 Å². The molecule has 88 valence electrons. The molecule has 0 amide bonds. The lowest BCUT2D eigenvalue weighted by atomic mass is 10.2. The molecular weight excluding hydrogens is 214 g/mol. The number of anilines is 1. The molecule has 1 heterocycles. The molecule has 0 radical (unpaired) electrons. The maximum absolute atomic E-state index is 11.1. The van der Waals surface area contributed by atoms with Crippen molar-refractivity contribution in [3.05, 3.63) is 22.2 Å². The van der Waals surface area contributed by atoms with Gasteiger partial charge in [-0.2, -0.15) is 4.98 Å². The summed E-state index contributed by atoms with van der Waals surface area (Å²) in [5, 5.41) is 0. The van der Waals surface area contributed by atoms with Gasteiger partial charge in [0.25, 0.3) is 0 Å². The van der Waals surface area contributed by atoms with Crippen molar-refractivity contribution in [1.82, 2.24) is 9.55 Å². The van der Waals surface area contributed by atoms with Crippen molar-refractivity contribution >= 4 is 5.82 Å². The van der Waals surface area contributed by atoms with Crippen LogP contribution in [0.3, 0.4) is 0 Å². The van der Waals surface area contributed by atoms with E-state index in [0.717, 1.165) is 25.7 Å². The second-order valence-corrected chi connectivity index (χ2v) is 3.65. The van der Waals surface area contributed by atoms with E-state index in [9.17, 15) is 4.79 Å². The van der Waals surface area contributed by atoms with Gasteiger partial charge in [0.15, 0.2) is 0 Å². The Labute approximate surface area is 101 Å². The predicted octanol–water partition coefficient (Wildman–Crippen LogP) is 0.908. The number of aryl methyl sites for hydroxylation is 1. The Kier molecular flexibility index (Phi) is 4.84. The maximum Gasteiger partial charge on any atom is 0.349 e. The van der Waals surface area contributed by atoms with Crippen molar-refractivity contribution in [1.29, 1.82) is 0 Å². The number of unbranched alkanes of at least 4 members (excludes halogenated alkanes) is 3. The van der Waals surface area contributed by atoms with Crippen LogP contribution >= 0.6 is 0 Å². The van der Waals surface area contributed by atoms with Gasteiger partial charge < -0.3 is 10.3 Å². The third-order valence-electron chi connectivity index (χ3n) is 2.21. The largest absolute Gasteiger partial charge is 0.382 e. The molecular formula is C13H15N3O. The number of terminal acetylenes is 1.